The van der Waals surface area contributed by atoms with Gasteiger partial charge in [0.1, 0.15) is 24.0 Å². The topological polar surface area (TPSA) is 102 Å². The summed E-state index contributed by atoms with van der Waals surface area (Å²) in [6.07, 6.45) is 1.77. The Balaban J connectivity index is 1.33. The fourth-order valence-electron chi connectivity index (χ4n) is 2.71. The van der Waals surface area contributed by atoms with E-state index in [9.17, 15) is 9.59 Å². The quantitative estimate of drug-likeness (QED) is 0.444. The number of hydrogen-bond donors (Lipinski definition) is 2. The van der Waals surface area contributed by atoms with Gasteiger partial charge in [-0.15, -0.1) is 10.2 Å². The summed E-state index contributed by atoms with van der Waals surface area (Å²) in [4.78, 5) is 24.1. The van der Waals surface area contributed by atoms with Crippen LogP contribution in [0.5, 0.6) is 5.75 Å². The summed E-state index contributed by atoms with van der Waals surface area (Å²) in [7, 11) is 1.58. The van der Waals surface area contributed by atoms with Crippen LogP contribution in [0.1, 0.15) is 26.8 Å². The third kappa shape index (κ3) is 7.47. The van der Waals surface area contributed by atoms with E-state index in [1.165, 1.54) is 5.56 Å². The summed E-state index contributed by atoms with van der Waals surface area (Å²) in [6, 6.07) is 17.1. The molecule has 2 aromatic carbocycles. The molecule has 0 bridgehead atoms. The van der Waals surface area contributed by atoms with Crippen LogP contribution in [0, 0.1) is 0 Å². The number of aryl methyl sites for hydroxylation is 1. The Morgan fingerprint density at radius 1 is 1.03 bits per heavy atom. The molecule has 0 radical (unpaired) electrons. The van der Waals surface area contributed by atoms with Crippen molar-refractivity contribution < 1.29 is 19.1 Å². The molecule has 0 spiro atoms. The van der Waals surface area contributed by atoms with Crippen molar-refractivity contribution in [3.8, 4) is 5.75 Å². The van der Waals surface area contributed by atoms with Crippen molar-refractivity contribution in [2.75, 3.05) is 25.6 Å². The lowest BCUT2D eigenvalue weighted by molar-refractivity contribution is -0.126. The first kappa shape index (κ1) is 22.4. The van der Waals surface area contributed by atoms with Gasteiger partial charge in [0.05, 0.1) is 7.11 Å². The van der Waals surface area contributed by atoms with E-state index in [-0.39, 0.29) is 30.0 Å². The number of carbonyl (C=O) groups is 2. The number of amides is 2. The smallest absolute Gasteiger partial charge is 0.286 e. The first-order valence-corrected chi connectivity index (χ1v) is 10.6. The SMILES string of the molecule is COc1ccc(NC(=O)c2nnc(COCC(=O)NCCCc3ccccc3)s2)cc1. The van der Waals surface area contributed by atoms with Gasteiger partial charge in [0.25, 0.3) is 5.91 Å². The highest BCUT2D eigenvalue weighted by Crippen LogP contribution is 2.17. The van der Waals surface area contributed by atoms with Crippen LogP contribution < -0.4 is 15.4 Å². The van der Waals surface area contributed by atoms with Crippen molar-refractivity contribution in [2.45, 2.75) is 19.4 Å². The van der Waals surface area contributed by atoms with Crippen LogP contribution in [0.4, 0.5) is 5.69 Å². The van der Waals surface area contributed by atoms with Crippen LogP contribution in [-0.2, 0) is 22.6 Å². The van der Waals surface area contributed by atoms with E-state index in [1.807, 2.05) is 18.2 Å². The zero-order valence-electron chi connectivity index (χ0n) is 17.2. The van der Waals surface area contributed by atoms with E-state index < -0.39 is 0 Å². The van der Waals surface area contributed by atoms with Crippen molar-refractivity contribution in [1.82, 2.24) is 15.5 Å². The van der Waals surface area contributed by atoms with E-state index in [0.717, 1.165) is 24.2 Å². The highest BCUT2D eigenvalue weighted by molar-refractivity contribution is 7.13. The molecule has 0 aliphatic heterocycles. The Bertz CT molecular complexity index is 977. The molecule has 0 aliphatic carbocycles. The van der Waals surface area contributed by atoms with Gasteiger partial charge >= 0.3 is 0 Å². The molecular weight excluding hydrogens is 416 g/mol. The third-order valence-electron chi connectivity index (χ3n) is 4.27. The molecule has 3 rings (SSSR count). The van der Waals surface area contributed by atoms with Crippen molar-refractivity contribution >= 4 is 28.8 Å². The number of rotatable bonds is 11. The molecule has 0 unspecified atom stereocenters. The van der Waals surface area contributed by atoms with Gasteiger partial charge < -0.3 is 20.1 Å². The maximum atomic E-state index is 12.3. The standard InChI is InChI=1S/C22H24N4O4S/c1-29-18-11-9-17(10-12-18)24-21(28)22-26-25-20(31-22)15-30-14-19(27)23-13-5-8-16-6-3-2-4-7-16/h2-4,6-7,9-12H,5,8,13-15H2,1H3,(H,23,27)(H,24,28). The second-order valence-electron chi connectivity index (χ2n) is 6.62. The van der Waals surface area contributed by atoms with E-state index >= 15 is 0 Å². The number of benzene rings is 2. The van der Waals surface area contributed by atoms with Crippen LogP contribution in [0.3, 0.4) is 0 Å². The largest absolute Gasteiger partial charge is 0.497 e. The van der Waals surface area contributed by atoms with Gasteiger partial charge in [-0.25, -0.2) is 0 Å². The predicted molar refractivity (Wildman–Crippen MR) is 118 cm³/mol. The molecule has 31 heavy (non-hydrogen) atoms. The number of methoxy groups -OCH3 is 1. The lowest BCUT2D eigenvalue weighted by Crippen LogP contribution is -2.28. The summed E-state index contributed by atoms with van der Waals surface area (Å²) in [5.74, 6) is 0.161. The van der Waals surface area contributed by atoms with Gasteiger partial charge in [0.2, 0.25) is 10.9 Å². The molecule has 0 saturated carbocycles. The van der Waals surface area contributed by atoms with E-state index in [4.69, 9.17) is 9.47 Å². The molecule has 0 saturated heterocycles. The monoisotopic (exact) mass is 440 g/mol. The molecule has 1 heterocycles. The number of aromatic nitrogens is 2. The number of ether oxygens (including phenoxy) is 2. The van der Waals surface area contributed by atoms with Crippen LogP contribution >= 0.6 is 11.3 Å². The van der Waals surface area contributed by atoms with Gasteiger partial charge in [0.15, 0.2) is 0 Å². The maximum absolute atomic E-state index is 12.3. The molecule has 0 aliphatic rings. The molecule has 2 amide bonds. The summed E-state index contributed by atoms with van der Waals surface area (Å²) >= 11 is 1.12. The Kier molecular flexibility index (Phi) is 8.50. The van der Waals surface area contributed by atoms with Gasteiger partial charge in [-0.3, -0.25) is 9.59 Å². The highest BCUT2D eigenvalue weighted by Gasteiger charge is 2.13. The molecule has 2 N–H and O–H groups in total. The van der Waals surface area contributed by atoms with E-state index in [0.29, 0.717) is 23.0 Å². The molecule has 162 valence electrons. The summed E-state index contributed by atoms with van der Waals surface area (Å²) in [6.45, 7) is 0.634. The lowest BCUT2D eigenvalue weighted by atomic mass is 10.1. The van der Waals surface area contributed by atoms with Crippen LogP contribution in [0.25, 0.3) is 0 Å². The number of anilines is 1. The normalized spacial score (nSPS) is 10.5. The van der Waals surface area contributed by atoms with Crippen LogP contribution in [0.15, 0.2) is 54.6 Å². The zero-order chi connectivity index (χ0) is 21.9. The number of nitrogens with one attached hydrogen (secondary N) is 2. The lowest BCUT2D eigenvalue weighted by Gasteiger charge is -2.05. The molecule has 0 atom stereocenters. The predicted octanol–water partition coefficient (Wildman–Crippen LogP) is 3.06. The Morgan fingerprint density at radius 3 is 2.55 bits per heavy atom. The maximum Gasteiger partial charge on any atom is 0.286 e. The molecule has 3 aromatic rings. The van der Waals surface area contributed by atoms with Gasteiger partial charge in [0, 0.05) is 12.2 Å². The Hall–Kier alpha value is -3.30. The van der Waals surface area contributed by atoms with Crippen molar-refractivity contribution in [3.05, 3.63) is 70.2 Å². The highest BCUT2D eigenvalue weighted by atomic mass is 32.1. The minimum atomic E-state index is -0.356. The first-order valence-electron chi connectivity index (χ1n) is 9.80. The molecule has 9 heteroatoms. The Labute approximate surface area is 184 Å². The van der Waals surface area contributed by atoms with Crippen molar-refractivity contribution in [2.24, 2.45) is 0 Å². The van der Waals surface area contributed by atoms with E-state index in [1.54, 1.807) is 31.4 Å². The minimum Gasteiger partial charge on any atom is -0.497 e. The second kappa shape index (κ2) is 11.8. The summed E-state index contributed by atoms with van der Waals surface area (Å²) in [5.41, 5.74) is 1.87. The fourth-order valence-corrected chi connectivity index (χ4v) is 3.38. The fraction of sp³-hybridized carbons (Fsp3) is 0.273. The zero-order valence-corrected chi connectivity index (χ0v) is 18.0. The summed E-state index contributed by atoms with van der Waals surface area (Å²) < 4.78 is 10.5. The molecule has 8 nitrogen and oxygen atoms in total. The number of carbonyl (C=O) groups excluding carboxylic acids is 2. The average molecular weight is 441 g/mol. The third-order valence-corrected chi connectivity index (χ3v) is 5.17. The average Bonchev–Trinajstić information content (AvgIpc) is 3.27. The number of hydrogen-bond acceptors (Lipinski definition) is 7. The van der Waals surface area contributed by atoms with Gasteiger partial charge in [-0.05, 0) is 42.7 Å². The van der Waals surface area contributed by atoms with E-state index in [2.05, 4.69) is 33.0 Å². The van der Waals surface area contributed by atoms with Crippen LogP contribution in [-0.4, -0.2) is 42.3 Å². The second-order valence-corrected chi connectivity index (χ2v) is 7.68. The van der Waals surface area contributed by atoms with Crippen LogP contribution in [0.2, 0.25) is 0 Å². The molecule has 0 fully saturated rings. The van der Waals surface area contributed by atoms with Gasteiger partial charge in [-0.1, -0.05) is 41.7 Å². The first-order chi connectivity index (χ1) is 15.1. The van der Waals surface area contributed by atoms with Crippen molar-refractivity contribution in [1.29, 1.82) is 0 Å². The number of nitrogens with zero attached hydrogens (tertiary/aromatic N) is 2. The Morgan fingerprint density at radius 2 is 1.81 bits per heavy atom. The summed E-state index contributed by atoms with van der Waals surface area (Å²) in [5, 5.41) is 14.1. The molecular formula is C22H24N4O4S. The molecule has 1 aromatic heterocycles. The minimum absolute atomic E-state index is 0.0711. The van der Waals surface area contributed by atoms with Crippen molar-refractivity contribution in [3.63, 3.8) is 0 Å². The van der Waals surface area contributed by atoms with Gasteiger partial charge in [-0.2, -0.15) is 0 Å².